The van der Waals surface area contributed by atoms with Crippen LogP contribution in [0.5, 0.6) is 5.75 Å². The molecule has 1 aliphatic rings. The number of esters is 1. The predicted molar refractivity (Wildman–Crippen MR) is 105 cm³/mol. The van der Waals surface area contributed by atoms with Crippen LogP contribution in [0.2, 0.25) is 0 Å². The fourth-order valence-electron chi connectivity index (χ4n) is 3.75. The molecule has 27 heavy (non-hydrogen) atoms. The molecule has 1 heterocycles. The van der Waals surface area contributed by atoms with Gasteiger partial charge in [-0.25, -0.2) is 4.79 Å². The fraction of sp³-hybridized carbons (Fsp3) is 0.455. The lowest BCUT2D eigenvalue weighted by Gasteiger charge is -2.40. The molecule has 0 saturated carbocycles. The molecule has 3 atom stereocenters. The first kappa shape index (κ1) is 19.2. The van der Waals surface area contributed by atoms with Gasteiger partial charge in [0.1, 0.15) is 5.75 Å². The van der Waals surface area contributed by atoms with Gasteiger partial charge in [-0.15, -0.1) is 0 Å². The molecule has 0 radical (unpaired) electrons. The van der Waals surface area contributed by atoms with Crippen LogP contribution in [0.4, 0.5) is 0 Å². The first-order valence-electron chi connectivity index (χ1n) is 9.59. The molecule has 1 amide bonds. The van der Waals surface area contributed by atoms with Gasteiger partial charge in [-0.05, 0) is 62.9 Å². The average molecular weight is 369 g/mol. The van der Waals surface area contributed by atoms with Crippen molar-refractivity contribution < 1.29 is 19.1 Å². The Balaban J connectivity index is 1.54. The number of likely N-dealkylation sites (tertiary alicyclic amines) is 1. The molecular formula is C22H27NO4. The number of piperidine rings is 1. The van der Waals surface area contributed by atoms with E-state index in [9.17, 15) is 9.59 Å². The lowest BCUT2D eigenvalue weighted by molar-refractivity contribution is -0.163. The van der Waals surface area contributed by atoms with Gasteiger partial charge in [-0.1, -0.05) is 30.3 Å². The summed E-state index contributed by atoms with van der Waals surface area (Å²) in [7, 11) is 0. The van der Waals surface area contributed by atoms with Crippen molar-refractivity contribution in [3.8, 4) is 5.75 Å². The third-order valence-corrected chi connectivity index (χ3v) is 5.18. The van der Waals surface area contributed by atoms with Crippen LogP contribution in [0.3, 0.4) is 0 Å². The molecule has 1 aliphatic heterocycles. The van der Waals surface area contributed by atoms with Crippen LogP contribution in [0.15, 0.2) is 42.5 Å². The maximum absolute atomic E-state index is 12.7. The van der Waals surface area contributed by atoms with Crippen molar-refractivity contribution in [1.82, 2.24) is 4.90 Å². The predicted octanol–water partition coefficient (Wildman–Crippen LogP) is 3.94. The third kappa shape index (κ3) is 4.59. The lowest BCUT2D eigenvalue weighted by atomic mass is 9.97. The van der Waals surface area contributed by atoms with E-state index >= 15 is 0 Å². The van der Waals surface area contributed by atoms with Crippen LogP contribution in [0, 0.1) is 0 Å². The molecule has 1 saturated heterocycles. The molecule has 5 heteroatoms. The first-order valence-corrected chi connectivity index (χ1v) is 9.59. The van der Waals surface area contributed by atoms with Gasteiger partial charge in [0.25, 0.3) is 5.91 Å². The normalized spacial score (nSPS) is 20.9. The Hall–Kier alpha value is -2.56. The molecule has 1 fully saturated rings. The highest BCUT2D eigenvalue weighted by atomic mass is 16.6. The third-order valence-electron chi connectivity index (χ3n) is 5.18. The number of carbonyl (C=O) groups is 2. The molecule has 0 aromatic heterocycles. The highest BCUT2D eigenvalue weighted by molar-refractivity contribution is 5.85. The van der Waals surface area contributed by atoms with E-state index < -0.39 is 12.1 Å². The van der Waals surface area contributed by atoms with E-state index in [1.54, 1.807) is 6.92 Å². The van der Waals surface area contributed by atoms with Crippen LogP contribution in [0.25, 0.3) is 10.8 Å². The molecule has 0 N–H and O–H groups in total. The Morgan fingerprint density at radius 1 is 1.07 bits per heavy atom. The second-order valence-electron chi connectivity index (χ2n) is 7.30. The summed E-state index contributed by atoms with van der Waals surface area (Å²) in [6.45, 7) is 5.50. The number of nitrogens with zero attached hydrogens (tertiary/aromatic N) is 1. The molecule has 2 aromatic carbocycles. The van der Waals surface area contributed by atoms with Gasteiger partial charge >= 0.3 is 5.97 Å². The van der Waals surface area contributed by atoms with Crippen molar-refractivity contribution in [3.05, 3.63) is 42.5 Å². The van der Waals surface area contributed by atoms with E-state index in [0.717, 1.165) is 30.0 Å². The highest BCUT2D eigenvalue weighted by Crippen LogP contribution is 2.24. The second kappa shape index (κ2) is 8.42. The number of carbonyl (C=O) groups excluding carboxylic acids is 2. The molecule has 144 valence electrons. The molecule has 2 aromatic rings. The fourth-order valence-corrected chi connectivity index (χ4v) is 3.75. The Kier molecular flexibility index (Phi) is 5.99. The minimum Gasteiger partial charge on any atom is -0.482 e. The maximum atomic E-state index is 12.7. The second-order valence-corrected chi connectivity index (χ2v) is 7.30. The topological polar surface area (TPSA) is 55.8 Å². The summed E-state index contributed by atoms with van der Waals surface area (Å²) in [5, 5.41) is 2.15. The minimum atomic E-state index is -0.805. The molecule has 0 spiro atoms. The SMILES string of the molecule is C[C@@H]1CCC[C@@H](C)N1C(=O)[C@@H](C)OC(=O)COc1ccc2ccccc2c1. The van der Waals surface area contributed by atoms with E-state index in [0.29, 0.717) is 5.75 Å². The largest absolute Gasteiger partial charge is 0.482 e. The Labute approximate surface area is 160 Å². The van der Waals surface area contributed by atoms with Crippen LogP contribution in [-0.4, -0.2) is 41.6 Å². The van der Waals surface area contributed by atoms with E-state index in [4.69, 9.17) is 9.47 Å². The number of amides is 1. The van der Waals surface area contributed by atoms with Gasteiger partial charge in [0, 0.05) is 12.1 Å². The minimum absolute atomic E-state index is 0.131. The number of hydrogen-bond donors (Lipinski definition) is 0. The summed E-state index contributed by atoms with van der Waals surface area (Å²) in [5.74, 6) is -0.0713. The Bertz CT molecular complexity index is 809. The van der Waals surface area contributed by atoms with Crippen LogP contribution in [-0.2, 0) is 14.3 Å². The summed E-state index contributed by atoms with van der Waals surface area (Å²) < 4.78 is 10.9. The summed E-state index contributed by atoms with van der Waals surface area (Å²) in [4.78, 5) is 26.7. The zero-order chi connectivity index (χ0) is 19.4. The number of benzene rings is 2. The molecular weight excluding hydrogens is 342 g/mol. The van der Waals surface area contributed by atoms with Crippen LogP contribution < -0.4 is 4.74 Å². The van der Waals surface area contributed by atoms with E-state index in [2.05, 4.69) is 0 Å². The van der Waals surface area contributed by atoms with Gasteiger partial charge < -0.3 is 14.4 Å². The molecule has 5 nitrogen and oxygen atoms in total. The Morgan fingerprint density at radius 2 is 1.74 bits per heavy atom. The lowest BCUT2D eigenvalue weighted by Crippen LogP contribution is -2.51. The average Bonchev–Trinajstić information content (AvgIpc) is 2.66. The number of fused-ring (bicyclic) bond motifs is 1. The number of rotatable bonds is 5. The van der Waals surface area contributed by atoms with Crippen molar-refractivity contribution in [1.29, 1.82) is 0 Å². The smallest absolute Gasteiger partial charge is 0.344 e. The standard InChI is InChI=1S/C22H27NO4/c1-15-7-6-8-16(2)23(15)22(25)17(3)27-21(24)14-26-20-12-11-18-9-4-5-10-19(18)13-20/h4-5,9-13,15-17H,6-8,14H2,1-3H3/t15-,16-,17-/m1/s1. The molecule has 0 unspecified atom stereocenters. The molecule has 0 bridgehead atoms. The monoisotopic (exact) mass is 369 g/mol. The van der Waals surface area contributed by atoms with Crippen molar-refractivity contribution in [2.24, 2.45) is 0 Å². The summed E-state index contributed by atoms with van der Waals surface area (Å²) >= 11 is 0. The zero-order valence-electron chi connectivity index (χ0n) is 16.2. The van der Waals surface area contributed by atoms with Crippen LogP contribution in [0.1, 0.15) is 40.0 Å². The van der Waals surface area contributed by atoms with Gasteiger partial charge in [0.15, 0.2) is 12.7 Å². The maximum Gasteiger partial charge on any atom is 0.344 e. The van der Waals surface area contributed by atoms with Gasteiger partial charge in [-0.3, -0.25) is 4.79 Å². The van der Waals surface area contributed by atoms with Crippen molar-refractivity contribution in [2.45, 2.75) is 58.2 Å². The van der Waals surface area contributed by atoms with Crippen molar-refractivity contribution >= 4 is 22.6 Å². The van der Waals surface area contributed by atoms with Crippen molar-refractivity contribution in [3.63, 3.8) is 0 Å². The zero-order valence-corrected chi connectivity index (χ0v) is 16.2. The van der Waals surface area contributed by atoms with E-state index in [1.165, 1.54) is 0 Å². The van der Waals surface area contributed by atoms with Crippen molar-refractivity contribution in [2.75, 3.05) is 6.61 Å². The summed E-state index contributed by atoms with van der Waals surface area (Å²) in [6, 6.07) is 13.9. The highest BCUT2D eigenvalue weighted by Gasteiger charge is 2.33. The van der Waals surface area contributed by atoms with Crippen LogP contribution >= 0.6 is 0 Å². The van der Waals surface area contributed by atoms with E-state index in [-0.39, 0.29) is 24.6 Å². The Morgan fingerprint density at radius 3 is 2.44 bits per heavy atom. The summed E-state index contributed by atoms with van der Waals surface area (Å²) in [5.41, 5.74) is 0. The molecule has 0 aliphatic carbocycles. The van der Waals surface area contributed by atoms with Gasteiger partial charge in [-0.2, -0.15) is 0 Å². The van der Waals surface area contributed by atoms with Gasteiger partial charge in [0.05, 0.1) is 0 Å². The number of hydrogen-bond acceptors (Lipinski definition) is 4. The van der Waals surface area contributed by atoms with E-state index in [1.807, 2.05) is 61.2 Å². The quantitative estimate of drug-likeness (QED) is 0.749. The molecule has 3 rings (SSSR count). The van der Waals surface area contributed by atoms with Gasteiger partial charge in [0.2, 0.25) is 0 Å². The summed E-state index contributed by atoms with van der Waals surface area (Å²) in [6.07, 6.45) is 2.30. The first-order chi connectivity index (χ1) is 13.0. The number of ether oxygens (including phenoxy) is 2.